The number of hydrogen-bond donors (Lipinski definition) is 1. The Balaban J connectivity index is 1.88. The molecule has 1 aromatic carbocycles. The second-order valence-electron chi connectivity index (χ2n) is 5.70. The van der Waals surface area contributed by atoms with Gasteiger partial charge in [0, 0.05) is 19.6 Å². The predicted molar refractivity (Wildman–Crippen MR) is 83.4 cm³/mol. The molecule has 1 atom stereocenters. The standard InChI is InChI=1S/C16H18N4O3/c1-11-8-18(2)14(22)10-19(11)16(23)15-13(21)9-20(17-15)12-6-4-3-5-7-12/h3-7,9,11,21H,8,10H2,1-2H3. The van der Waals surface area contributed by atoms with Gasteiger partial charge in [-0.1, -0.05) is 18.2 Å². The first-order valence-electron chi connectivity index (χ1n) is 7.36. The summed E-state index contributed by atoms with van der Waals surface area (Å²) >= 11 is 0. The molecule has 0 radical (unpaired) electrons. The molecule has 23 heavy (non-hydrogen) atoms. The minimum atomic E-state index is -0.439. The molecule has 3 rings (SSSR count). The van der Waals surface area contributed by atoms with E-state index in [-0.39, 0.29) is 29.9 Å². The summed E-state index contributed by atoms with van der Waals surface area (Å²) in [5.74, 6) is -0.762. The molecule has 2 heterocycles. The molecule has 1 aromatic heterocycles. The van der Waals surface area contributed by atoms with Gasteiger partial charge in [0.1, 0.15) is 6.54 Å². The number of aromatic nitrogens is 2. The number of likely N-dealkylation sites (N-methyl/N-ethyl adjacent to an activating group) is 1. The van der Waals surface area contributed by atoms with Gasteiger partial charge in [0.2, 0.25) is 5.91 Å². The third-order valence-electron chi connectivity index (χ3n) is 3.98. The highest BCUT2D eigenvalue weighted by Crippen LogP contribution is 2.22. The number of hydrogen-bond acceptors (Lipinski definition) is 4. The summed E-state index contributed by atoms with van der Waals surface area (Å²) in [6.07, 6.45) is 1.39. The number of piperazine rings is 1. The number of nitrogens with zero attached hydrogens (tertiary/aromatic N) is 4. The van der Waals surface area contributed by atoms with Gasteiger partial charge in [0.05, 0.1) is 11.9 Å². The van der Waals surface area contributed by atoms with E-state index in [1.807, 2.05) is 37.3 Å². The Morgan fingerprint density at radius 2 is 2.00 bits per heavy atom. The van der Waals surface area contributed by atoms with Gasteiger partial charge in [-0.25, -0.2) is 4.68 Å². The lowest BCUT2D eigenvalue weighted by Gasteiger charge is -2.37. The Kier molecular flexibility index (Phi) is 3.77. The third-order valence-corrected chi connectivity index (χ3v) is 3.98. The van der Waals surface area contributed by atoms with Crippen molar-refractivity contribution in [1.29, 1.82) is 0 Å². The van der Waals surface area contributed by atoms with Crippen molar-refractivity contribution in [3.8, 4) is 11.4 Å². The molecule has 1 unspecified atom stereocenters. The van der Waals surface area contributed by atoms with Gasteiger partial charge in [-0.15, -0.1) is 0 Å². The summed E-state index contributed by atoms with van der Waals surface area (Å²) < 4.78 is 1.45. The Labute approximate surface area is 133 Å². The molecule has 1 saturated heterocycles. The van der Waals surface area contributed by atoms with Gasteiger partial charge in [0.15, 0.2) is 11.4 Å². The summed E-state index contributed by atoms with van der Waals surface area (Å²) in [5, 5.41) is 14.3. The Hall–Kier alpha value is -2.83. The van der Waals surface area contributed by atoms with E-state index in [4.69, 9.17) is 0 Å². The molecule has 2 aromatic rings. The van der Waals surface area contributed by atoms with Crippen molar-refractivity contribution < 1.29 is 14.7 Å². The highest BCUT2D eigenvalue weighted by molar-refractivity contribution is 5.97. The Bertz CT molecular complexity index is 741. The molecule has 120 valence electrons. The van der Waals surface area contributed by atoms with Crippen LogP contribution in [0.1, 0.15) is 17.4 Å². The minimum Gasteiger partial charge on any atom is -0.504 e. The number of amides is 2. The molecule has 0 aliphatic carbocycles. The maximum atomic E-state index is 12.6. The van der Waals surface area contributed by atoms with Crippen LogP contribution in [0.5, 0.6) is 5.75 Å². The van der Waals surface area contributed by atoms with Crippen molar-refractivity contribution in [3.63, 3.8) is 0 Å². The Morgan fingerprint density at radius 1 is 1.30 bits per heavy atom. The number of carbonyl (C=O) groups excluding carboxylic acids is 2. The van der Waals surface area contributed by atoms with Crippen LogP contribution in [-0.2, 0) is 4.79 Å². The Morgan fingerprint density at radius 3 is 2.70 bits per heavy atom. The van der Waals surface area contributed by atoms with Crippen LogP contribution >= 0.6 is 0 Å². The van der Waals surface area contributed by atoms with Gasteiger partial charge < -0.3 is 14.9 Å². The summed E-state index contributed by atoms with van der Waals surface area (Å²) in [4.78, 5) is 27.5. The van der Waals surface area contributed by atoms with E-state index < -0.39 is 5.91 Å². The molecule has 7 nitrogen and oxygen atoms in total. The van der Waals surface area contributed by atoms with Crippen LogP contribution in [0.4, 0.5) is 0 Å². The van der Waals surface area contributed by atoms with Crippen LogP contribution < -0.4 is 0 Å². The minimum absolute atomic E-state index is 0.00582. The zero-order valence-electron chi connectivity index (χ0n) is 13.0. The van der Waals surface area contributed by atoms with Crippen molar-refractivity contribution in [2.24, 2.45) is 0 Å². The van der Waals surface area contributed by atoms with Gasteiger partial charge in [-0.3, -0.25) is 9.59 Å². The number of rotatable bonds is 2. The average Bonchev–Trinajstić information content (AvgIpc) is 2.93. The molecule has 7 heteroatoms. The molecule has 0 spiro atoms. The van der Waals surface area contributed by atoms with Crippen molar-refractivity contribution >= 4 is 11.8 Å². The molecule has 0 bridgehead atoms. The van der Waals surface area contributed by atoms with E-state index in [1.54, 1.807) is 11.9 Å². The predicted octanol–water partition coefficient (Wildman–Crippen LogP) is 0.881. The van der Waals surface area contributed by atoms with Crippen LogP contribution in [-0.4, -0.2) is 62.7 Å². The van der Waals surface area contributed by atoms with E-state index in [0.29, 0.717) is 6.54 Å². The second-order valence-corrected chi connectivity index (χ2v) is 5.70. The lowest BCUT2D eigenvalue weighted by Crippen LogP contribution is -2.55. The maximum absolute atomic E-state index is 12.6. The maximum Gasteiger partial charge on any atom is 0.279 e. The zero-order valence-corrected chi connectivity index (χ0v) is 13.0. The van der Waals surface area contributed by atoms with E-state index in [0.717, 1.165) is 5.69 Å². The molecular weight excluding hydrogens is 296 g/mol. The smallest absolute Gasteiger partial charge is 0.279 e. The fraction of sp³-hybridized carbons (Fsp3) is 0.312. The first-order chi connectivity index (χ1) is 11.0. The SMILES string of the molecule is CC1CN(C)C(=O)CN1C(=O)c1nn(-c2ccccc2)cc1O. The van der Waals surface area contributed by atoms with Crippen molar-refractivity contribution in [1.82, 2.24) is 19.6 Å². The highest BCUT2D eigenvalue weighted by atomic mass is 16.3. The van der Waals surface area contributed by atoms with Crippen LogP contribution in [0.15, 0.2) is 36.5 Å². The number of benzene rings is 1. The largest absolute Gasteiger partial charge is 0.504 e. The van der Waals surface area contributed by atoms with Gasteiger partial charge >= 0.3 is 0 Å². The number of carbonyl (C=O) groups is 2. The fourth-order valence-electron chi connectivity index (χ4n) is 2.66. The van der Waals surface area contributed by atoms with Crippen molar-refractivity contribution in [3.05, 3.63) is 42.2 Å². The normalized spacial score (nSPS) is 18.3. The zero-order chi connectivity index (χ0) is 16.6. The number of para-hydroxylation sites is 1. The molecule has 0 saturated carbocycles. The van der Waals surface area contributed by atoms with Crippen LogP contribution in [0.3, 0.4) is 0 Å². The lowest BCUT2D eigenvalue weighted by molar-refractivity contribution is -0.135. The summed E-state index contributed by atoms with van der Waals surface area (Å²) in [5.41, 5.74) is 0.697. The van der Waals surface area contributed by atoms with Crippen LogP contribution in [0.25, 0.3) is 5.69 Å². The van der Waals surface area contributed by atoms with Crippen molar-refractivity contribution in [2.45, 2.75) is 13.0 Å². The summed E-state index contributed by atoms with van der Waals surface area (Å²) in [6.45, 7) is 2.32. The number of aromatic hydroxyl groups is 1. The topological polar surface area (TPSA) is 78.7 Å². The molecule has 1 aliphatic rings. The first kappa shape index (κ1) is 15.1. The lowest BCUT2D eigenvalue weighted by atomic mass is 10.1. The summed E-state index contributed by atoms with van der Waals surface area (Å²) in [6, 6.07) is 9.07. The van der Waals surface area contributed by atoms with Crippen LogP contribution in [0.2, 0.25) is 0 Å². The van der Waals surface area contributed by atoms with Gasteiger partial charge in [-0.05, 0) is 19.1 Å². The van der Waals surface area contributed by atoms with Gasteiger partial charge in [0.25, 0.3) is 5.91 Å². The highest BCUT2D eigenvalue weighted by Gasteiger charge is 2.33. The van der Waals surface area contributed by atoms with Crippen molar-refractivity contribution in [2.75, 3.05) is 20.1 Å². The van der Waals surface area contributed by atoms with E-state index >= 15 is 0 Å². The van der Waals surface area contributed by atoms with Gasteiger partial charge in [-0.2, -0.15) is 5.10 Å². The van der Waals surface area contributed by atoms with Crippen LogP contribution in [0, 0.1) is 0 Å². The first-order valence-corrected chi connectivity index (χ1v) is 7.36. The molecular formula is C16H18N4O3. The van der Waals surface area contributed by atoms with E-state index in [9.17, 15) is 14.7 Å². The van der Waals surface area contributed by atoms with E-state index in [2.05, 4.69) is 5.10 Å². The monoisotopic (exact) mass is 314 g/mol. The summed E-state index contributed by atoms with van der Waals surface area (Å²) in [7, 11) is 1.71. The molecule has 1 aliphatic heterocycles. The second kappa shape index (κ2) is 5.75. The molecule has 1 N–H and O–H groups in total. The molecule has 1 fully saturated rings. The third kappa shape index (κ3) is 2.77. The van der Waals surface area contributed by atoms with E-state index in [1.165, 1.54) is 15.8 Å². The molecule has 2 amide bonds. The fourth-order valence-corrected chi connectivity index (χ4v) is 2.66. The average molecular weight is 314 g/mol. The quantitative estimate of drug-likeness (QED) is 0.892.